The zero-order valence-corrected chi connectivity index (χ0v) is 23.8. The molecule has 0 saturated carbocycles. The zero-order chi connectivity index (χ0) is 28.7. The molecule has 0 fully saturated rings. The molecule has 40 heavy (non-hydrogen) atoms. The van der Waals surface area contributed by atoms with Crippen LogP contribution >= 0.6 is 23.2 Å². The van der Waals surface area contributed by atoms with Crippen LogP contribution in [0.2, 0.25) is 10.0 Å². The standard InChI is InChI=1S/C30H25Cl2N3O4S/c1-21-7-13-28(14-8-21)40(37,38)35(19-23-9-10-25(31)16-29(23)32)20-27-12-11-26(39-27)15-24(17-33)30(36)34-18-22-5-3-2-4-6-22/h2-16H,18-20H2,1H3,(H,34,36)/b24-15-. The van der Waals surface area contributed by atoms with Crippen LogP contribution in [-0.2, 0) is 34.5 Å². The number of carbonyl (C=O) groups is 1. The maximum absolute atomic E-state index is 13.6. The van der Waals surface area contributed by atoms with E-state index in [-0.39, 0.29) is 35.9 Å². The van der Waals surface area contributed by atoms with Gasteiger partial charge in [0.25, 0.3) is 5.91 Å². The highest BCUT2D eigenvalue weighted by molar-refractivity contribution is 7.89. The van der Waals surface area contributed by atoms with Crippen molar-refractivity contribution < 1.29 is 17.6 Å². The number of nitriles is 1. The number of furan rings is 1. The Bertz CT molecular complexity index is 1680. The summed E-state index contributed by atoms with van der Waals surface area (Å²) >= 11 is 12.4. The van der Waals surface area contributed by atoms with Gasteiger partial charge in [-0.2, -0.15) is 9.57 Å². The van der Waals surface area contributed by atoms with Gasteiger partial charge in [-0.15, -0.1) is 0 Å². The average Bonchev–Trinajstić information content (AvgIpc) is 3.39. The smallest absolute Gasteiger partial charge is 0.262 e. The number of halogens is 2. The summed E-state index contributed by atoms with van der Waals surface area (Å²) in [5.41, 5.74) is 2.24. The minimum absolute atomic E-state index is 0.0383. The SMILES string of the molecule is Cc1ccc(S(=O)(=O)N(Cc2ccc(/C=C(/C#N)C(=O)NCc3ccccc3)o2)Cc2ccc(Cl)cc2Cl)cc1. The second-order valence-corrected chi connectivity index (χ2v) is 11.7. The molecule has 4 aromatic rings. The summed E-state index contributed by atoms with van der Waals surface area (Å²) in [4.78, 5) is 12.7. The van der Waals surface area contributed by atoms with Crippen LogP contribution in [0.4, 0.5) is 0 Å². The van der Waals surface area contributed by atoms with Crippen molar-refractivity contribution in [1.82, 2.24) is 9.62 Å². The Kier molecular flexibility index (Phi) is 9.46. The van der Waals surface area contributed by atoms with Gasteiger partial charge in [-0.05, 0) is 54.4 Å². The van der Waals surface area contributed by atoms with Crippen molar-refractivity contribution in [3.8, 4) is 6.07 Å². The van der Waals surface area contributed by atoms with Crippen molar-refractivity contribution in [1.29, 1.82) is 5.26 Å². The normalized spacial score (nSPS) is 11.8. The molecule has 7 nitrogen and oxygen atoms in total. The van der Waals surface area contributed by atoms with Gasteiger partial charge in [0.15, 0.2) is 0 Å². The van der Waals surface area contributed by atoms with Crippen LogP contribution in [0.15, 0.2) is 99.8 Å². The molecule has 10 heteroatoms. The number of carbonyl (C=O) groups excluding carboxylic acids is 1. The van der Waals surface area contributed by atoms with Gasteiger partial charge >= 0.3 is 0 Å². The number of hydrogen-bond donors (Lipinski definition) is 1. The van der Waals surface area contributed by atoms with Gasteiger partial charge in [-0.3, -0.25) is 4.79 Å². The number of rotatable bonds is 10. The number of hydrogen-bond acceptors (Lipinski definition) is 5. The molecule has 4 rings (SSSR count). The van der Waals surface area contributed by atoms with Crippen molar-refractivity contribution in [2.24, 2.45) is 0 Å². The second-order valence-electron chi connectivity index (χ2n) is 8.96. The third kappa shape index (κ3) is 7.40. The number of aryl methyl sites for hydroxylation is 1. The van der Waals surface area contributed by atoms with E-state index in [0.717, 1.165) is 11.1 Å². The fourth-order valence-corrected chi connectivity index (χ4v) is 5.67. The molecular formula is C30H25Cl2N3O4S. The molecule has 1 N–H and O–H groups in total. The van der Waals surface area contributed by atoms with Crippen molar-refractivity contribution >= 4 is 45.2 Å². The predicted molar refractivity (Wildman–Crippen MR) is 155 cm³/mol. The first-order valence-corrected chi connectivity index (χ1v) is 14.4. The van der Waals surface area contributed by atoms with Crippen LogP contribution in [0.5, 0.6) is 0 Å². The molecule has 0 spiro atoms. The summed E-state index contributed by atoms with van der Waals surface area (Å²) in [5, 5.41) is 13.0. The molecule has 0 unspecified atom stereocenters. The van der Waals surface area contributed by atoms with E-state index in [9.17, 15) is 18.5 Å². The second kappa shape index (κ2) is 13.0. The quantitative estimate of drug-likeness (QED) is 0.167. The molecule has 1 amide bonds. The summed E-state index contributed by atoms with van der Waals surface area (Å²) in [7, 11) is -3.96. The number of nitrogens with zero attached hydrogens (tertiary/aromatic N) is 2. The van der Waals surface area contributed by atoms with E-state index in [4.69, 9.17) is 27.6 Å². The van der Waals surface area contributed by atoms with Crippen LogP contribution in [-0.4, -0.2) is 18.6 Å². The number of sulfonamides is 1. The molecular weight excluding hydrogens is 569 g/mol. The van der Waals surface area contributed by atoms with Gasteiger partial charge in [0.2, 0.25) is 10.0 Å². The van der Waals surface area contributed by atoms with Crippen LogP contribution in [0, 0.1) is 18.3 Å². The van der Waals surface area contributed by atoms with Gasteiger partial charge in [0, 0.05) is 29.2 Å². The third-order valence-electron chi connectivity index (χ3n) is 5.98. The zero-order valence-electron chi connectivity index (χ0n) is 21.5. The van der Waals surface area contributed by atoms with E-state index in [1.807, 2.05) is 43.3 Å². The van der Waals surface area contributed by atoms with E-state index in [1.54, 1.807) is 54.6 Å². The molecule has 1 heterocycles. The van der Waals surface area contributed by atoms with Crippen molar-refractivity contribution in [3.05, 3.63) is 129 Å². The lowest BCUT2D eigenvalue weighted by atomic mass is 10.2. The molecule has 3 aromatic carbocycles. The Hall–Kier alpha value is -3.87. The van der Waals surface area contributed by atoms with Gasteiger partial charge < -0.3 is 9.73 Å². The summed E-state index contributed by atoms with van der Waals surface area (Å²) < 4.78 is 34.4. The molecule has 0 bridgehead atoms. The molecule has 204 valence electrons. The average molecular weight is 595 g/mol. The summed E-state index contributed by atoms with van der Waals surface area (Å²) in [5.74, 6) is -0.00196. The maximum atomic E-state index is 13.6. The fourth-order valence-electron chi connectivity index (χ4n) is 3.82. The summed E-state index contributed by atoms with van der Waals surface area (Å²) in [6.07, 6.45) is 1.32. The molecule has 1 aromatic heterocycles. The maximum Gasteiger partial charge on any atom is 0.262 e. The van der Waals surface area contributed by atoms with Gasteiger partial charge in [-0.1, -0.05) is 77.3 Å². The molecule has 0 aliphatic carbocycles. The van der Waals surface area contributed by atoms with Crippen molar-refractivity contribution in [3.63, 3.8) is 0 Å². The Labute approximate surface area is 243 Å². The lowest BCUT2D eigenvalue weighted by Crippen LogP contribution is -2.30. The van der Waals surface area contributed by atoms with Crippen molar-refractivity contribution in [2.75, 3.05) is 0 Å². The predicted octanol–water partition coefficient (Wildman–Crippen LogP) is 6.51. The molecule has 0 radical (unpaired) electrons. The van der Waals surface area contributed by atoms with Crippen LogP contribution < -0.4 is 5.32 Å². The highest BCUT2D eigenvalue weighted by atomic mass is 35.5. The highest BCUT2D eigenvalue weighted by Crippen LogP contribution is 2.27. The Balaban J connectivity index is 1.57. The number of nitrogens with one attached hydrogen (secondary N) is 1. The minimum Gasteiger partial charge on any atom is -0.460 e. The van der Waals surface area contributed by atoms with E-state index in [1.165, 1.54) is 10.4 Å². The lowest BCUT2D eigenvalue weighted by Gasteiger charge is -2.22. The van der Waals surface area contributed by atoms with E-state index in [2.05, 4.69) is 5.32 Å². The summed E-state index contributed by atoms with van der Waals surface area (Å²) in [6, 6.07) is 25.8. The van der Waals surface area contributed by atoms with Crippen LogP contribution in [0.1, 0.15) is 28.2 Å². The van der Waals surface area contributed by atoms with Gasteiger partial charge in [0.05, 0.1) is 11.4 Å². The Morgan fingerprint density at radius 2 is 1.73 bits per heavy atom. The molecule has 0 atom stereocenters. The van der Waals surface area contributed by atoms with E-state index < -0.39 is 15.9 Å². The number of amides is 1. The van der Waals surface area contributed by atoms with Crippen LogP contribution in [0.3, 0.4) is 0 Å². The molecule has 0 aliphatic rings. The first-order valence-electron chi connectivity index (χ1n) is 12.2. The molecule has 0 saturated heterocycles. The van der Waals surface area contributed by atoms with E-state index >= 15 is 0 Å². The minimum atomic E-state index is -3.96. The van der Waals surface area contributed by atoms with Crippen molar-refractivity contribution in [2.45, 2.75) is 31.5 Å². The highest BCUT2D eigenvalue weighted by Gasteiger charge is 2.27. The Morgan fingerprint density at radius 3 is 2.40 bits per heavy atom. The van der Waals surface area contributed by atoms with E-state index in [0.29, 0.717) is 21.4 Å². The Morgan fingerprint density at radius 1 is 1.00 bits per heavy atom. The monoisotopic (exact) mass is 593 g/mol. The first kappa shape index (κ1) is 29.1. The number of benzene rings is 3. The lowest BCUT2D eigenvalue weighted by molar-refractivity contribution is -0.117. The molecule has 0 aliphatic heterocycles. The first-order chi connectivity index (χ1) is 19.2. The topological polar surface area (TPSA) is 103 Å². The summed E-state index contributed by atoms with van der Waals surface area (Å²) in [6.45, 7) is 1.98. The largest absolute Gasteiger partial charge is 0.460 e. The third-order valence-corrected chi connectivity index (χ3v) is 8.38. The van der Waals surface area contributed by atoms with Gasteiger partial charge in [-0.25, -0.2) is 8.42 Å². The van der Waals surface area contributed by atoms with Crippen LogP contribution in [0.25, 0.3) is 6.08 Å². The fraction of sp³-hybridized carbons (Fsp3) is 0.133. The van der Waals surface area contributed by atoms with Gasteiger partial charge in [0.1, 0.15) is 23.2 Å².